The molecule has 0 radical (unpaired) electrons. The van der Waals surface area contributed by atoms with Gasteiger partial charge in [-0.1, -0.05) is 0 Å². The van der Waals surface area contributed by atoms with Crippen molar-refractivity contribution in [3.05, 3.63) is 63.8 Å². The lowest BCUT2D eigenvalue weighted by Crippen LogP contribution is -2.29. The van der Waals surface area contributed by atoms with E-state index in [1.165, 1.54) is 46.2 Å². The standard InChI is InChI=1S/C16H13FN4O2S/c1-10-8-14(23)21(9-13(22)20-16-18-6-7-24-16)15(19-10)11-2-4-12(17)5-3-11/h2-8H,9H2,1H3,(H,18,20,22). The molecule has 0 fully saturated rings. The molecular formula is C16H13FN4O2S. The van der Waals surface area contributed by atoms with E-state index < -0.39 is 0 Å². The predicted octanol–water partition coefficient (Wildman–Crippen LogP) is 2.45. The molecule has 1 N–H and O–H groups in total. The average molecular weight is 344 g/mol. The van der Waals surface area contributed by atoms with Crippen LogP contribution < -0.4 is 10.9 Å². The Morgan fingerprint density at radius 3 is 2.75 bits per heavy atom. The average Bonchev–Trinajstić information content (AvgIpc) is 3.03. The zero-order valence-electron chi connectivity index (χ0n) is 12.7. The van der Waals surface area contributed by atoms with Gasteiger partial charge in [0, 0.05) is 28.9 Å². The van der Waals surface area contributed by atoms with Gasteiger partial charge in [-0.25, -0.2) is 14.4 Å². The van der Waals surface area contributed by atoms with Crippen molar-refractivity contribution in [2.75, 3.05) is 5.32 Å². The molecule has 0 aliphatic heterocycles. The quantitative estimate of drug-likeness (QED) is 0.789. The van der Waals surface area contributed by atoms with Crippen LogP contribution in [-0.4, -0.2) is 20.4 Å². The number of anilines is 1. The molecule has 0 saturated heterocycles. The minimum atomic E-state index is -0.388. The van der Waals surface area contributed by atoms with E-state index in [1.54, 1.807) is 18.5 Å². The van der Waals surface area contributed by atoms with Crippen LogP contribution in [0.4, 0.5) is 9.52 Å². The Bertz CT molecular complexity index is 920. The highest BCUT2D eigenvalue weighted by molar-refractivity contribution is 7.13. The van der Waals surface area contributed by atoms with Gasteiger partial charge in [-0.15, -0.1) is 11.3 Å². The van der Waals surface area contributed by atoms with Gasteiger partial charge in [-0.2, -0.15) is 0 Å². The number of nitrogens with one attached hydrogen (secondary N) is 1. The van der Waals surface area contributed by atoms with Crippen LogP contribution >= 0.6 is 11.3 Å². The second-order valence-corrected chi connectivity index (χ2v) is 5.93. The first-order chi connectivity index (χ1) is 11.5. The van der Waals surface area contributed by atoms with Gasteiger partial charge in [0.1, 0.15) is 18.2 Å². The number of nitrogens with zero attached hydrogens (tertiary/aromatic N) is 3. The second-order valence-electron chi connectivity index (χ2n) is 5.04. The van der Waals surface area contributed by atoms with Crippen molar-refractivity contribution in [1.29, 1.82) is 0 Å². The number of aryl methyl sites for hydroxylation is 1. The maximum Gasteiger partial charge on any atom is 0.254 e. The number of aromatic nitrogens is 3. The van der Waals surface area contributed by atoms with Crippen molar-refractivity contribution in [2.45, 2.75) is 13.5 Å². The van der Waals surface area contributed by atoms with Crippen molar-refractivity contribution < 1.29 is 9.18 Å². The largest absolute Gasteiger partial charge is 0.300 e. The molecule has 1 aromatic carbocycles. The molecule has 0 bridgehead atoms. The summed E-state index contributed by atoms with van der Waals surface area (Å²) in [6.45, 7) is 1.48. The summed E-state index contributed by atoms with van der Waals surface area (Å²) in [4.78, 5) is 32.8. The van der Waals surface area contributed by atoms with Crippen LogP contribution in [0.2, 0.25) is 0 Å². The van der Waals surface area contributed by atoms with Crippen molar-refractivity contribution in [2.24, 2.45) is 0 Å². The molecule has 0 saturated carbocycles. The summed E-state index contributed by atoms with van der Waals surface area (Å²) in [5, 5.41) is 4.81. The Morgan fingerprint density at radius 2 is 2.08 bits per heavy atom. The summed E-state index contributed by atoms with van der Waals surface area (Å²) in [6.07, 6.45) is 1.57. The fraction of sp³-hybridized carbons (Fsp3) is 0.125. The molecular weight excluding hydrogens is 331 g/mol. The van der Waals surface area contributed by atoms with E-state index >= 15 is 0 Å². The van der Waals surface area contributed by atoms with Crippen molar-refractivity contribution in [3.63, 3.8) is 0 Å². The molecule has 24 heavy (non-hydrogen) atoms. The molecule has 122 valence electrons. The zero-order chi connectivity index (χ0) is 17.1. The highest BCUT2D eigenvalue weighted by Gasteiger charge is 2.14. The predicted molar refractivity (Wildman–Crippen MR) is 89.4 cm³/mol. The molecule has 2 heterocycles. The summed E-state index contributed by atoms with van der Waals surface area (Å²) >= 11 is 1.28. The third-order valence-electron chi connectivity index (χ3n) is 3.22. The van der Waals surface area contributed by atoms with Gasteiger partial charge in [0.05, 0.1) is 0 Å². The number of halogens is 1. The van der Waals surface area contributed by atoms with Crippen molar-refractivity contribution >= 4 is 22.4 Å². The minimum Gasteiger partial charge on any atom is -0.300 e. The Kier molecular flexibility index (Phi) is 4.48. The van der Waals surface area contributed by atoms with Crippen molar-refractivity contribution in [3.8, 4) is 11.4 Å². The first-order valence-corrected chi connectivity index (χ1v) is 7.94. The monoisotopic (exact) mass is 344 g/mol. The van der Waals surface area contributed by atoms with Crippen LogP contribution in [0.3, 0.4) is 0 Å². The van der Waals surface area contributed by atoms with Crippen LogP contribution in [0.15, 0.2) is 46.7 Å². The molecule has 0 spiro atoms. The maximum absolute atomic E-state index is 13.1. The number of rotatable bonds is 4. The van der Waals surface area contributed by atoms with E-state index in [0.717, 1.165) is 0 Å². The van der Waals surface area contributed by atoms with E-state index in [2.05, 4.69) is 15.3 Å². The van der Waals surface area contributed by atoms with Crippen LogP contribution in [0.5, 0.6) is 0 Å². The third-order valence-corrected chi connectivity index (χ3v) is 3.91. The topological polar surface area (TPSA) is 76.9 Å². The molecule has 3 rings (SSSR count). The van der Waals surface area contributed by atoms with Crippen LogP contribution in [0, 0.1) is 12.7 Å². The number of carbonyl (C=O) groups is 1. The van der Waals surface area contributed by atoms with Gasteiger partial charge < -0.3 is 5.32 Å². The molecule has 0 aliphatic carbocycles. The summed E-state index contributed by atoms with van der Waals surface area (Å²) < 4.78 is 14.4. The van der Waals surface area contributed by atoms with Crippen LogP contribution in [0.25, 0.3) is 11.4 Å². The Balaban J connectivity index is 1.96. The number of hydrogen-bond donors (Lipinski definition) is 1. The van der Waals surface area contributed by atoms with Crippen LogP contribution in [-0.2, 0) is 11.3 Å². The highest BCUT2D eigenvalue weighted by atomic mass is 32.1. The molecule has 1 amide bonds. The molecule has 0 unspecified atom stereocenters. The second kappa shape index (κ2) is 6.71. The third kappa shape index (κ3) is 3.54. The summed E-state index contributed by atoms with van der Waals surface area (Å²) in [5.74, 6) is -0.461. The Morgan fingerprint density at radius 1 is 1.33 bits per heavy atom. The number of amides is 1. The van der Waals surface area contributed by atoms with Crippen LogP contribution in [0.1, 0.15) is 5.69 Å². The fourth-order valence-corrected chi connectivity index (χ4v) is 2.73. The first-order valence-electron chi connectivity index (χ1n) is 7.07. The molecule has 2 aromatic heterocycles. The van der Waals surface area contributed by atoms with Gasteiger partial charge in [-0.3, -0.25) is 14.2 Å². The lowest BCUT2D eigenvalue weighted by atomic mass is 10.2. The van der Waals surface area contributed by atoms with E-state index in [4.69, 9.17) is 0 Å². The minimum absolute atomic E-state index is 0.210. The highest BCUT2D eigenvalue weighted by Crippen LogP contribution is 2.17. The van der Waals surface area contributed by atoms with Gasteiger partial charge in [0.25, 0.3) is 5.56 Å². The SMILES string of the molecule is Cc1cc(=O)n(CC(=O)Nc2nccs2)c(-c2ccc(F)cc2)n1. The summed E-state index contributed by atoms with van der Waals surface area (Å²) in [7, 11) is 0. The van der Waals surface area contributed by atoms with Gasteiger partial charge in [-0.05, 0) is 31.2 Å². The van der Waals surface area contributed by atoms with Gasteiger partial charge >= 0.3 is 0 Å². The molecule has 6 nitrogen and oxygen atoms in total. The van der Waals surface area contributed by atoms with Gasteiger partial charge in [0.2, 0.25) is 5.91 Å². The molecule has 0 atom stereocenters. The number of carbonyl (C=O) groups excluding carboxylic acids is 1. The Hall–Kier alpha value is -2.87. The van der Waals surface area contributed by atoms with E-state index in [1.807, 2.05) is 0 Å². The molecule has 8 heteroatoms. The number of thiazole rings is 1. The van der Waals surface area contributed by atoms with E-state index in [9.17, 15) is 14.0 Å². The maximum atomic E-state index is 13.1. The summed E-state index contributed by atoms with van der Waals surface area (Å²) in [6, 6.07) is 6.95. The fourth-order valence-electron chi connectivity index (χ4n) is 2.18. The number of benzene rings is 1. The summed E-state index contributed by atoms with van der Waals surface area (Å²) in [5.41, 5.74) is 0.728. The van der Waals surface area contributed by atoms with Gasteiger partial charge in [0.15, 0.2) is 5.13 Å². The zero-order valence-corrected chi connectivity index (χ0v) is 13.5. The Labute approximate surface area is 140 Å². The number of hydrogen-bond acceptors (Lipinski definition) is 5. The smallest absolute Gasteiger partial charge is 0.254 e. The molecule has 3 aromatic rings. The first kappa shape index (κ1) is 16.0. The van der Waals surface area contributed by atoms with E-state index in [-0.39, 0.29) is 23.8 Å². The van der Waals surface area contributed by atoms with E-state index in [0.29, 0.717) is 22.2 Å². The molecule has 0 aliphatic rings. The lowest BCUT2D eigenvalue weighted by molar-refractivity contribution is -0.116. The van der Waals surface area contributed by atoms with Crippen molar-refractivity contribution in [1.82, 2.24) is 14.5 Å². The lowest BCUT2D eigenvalue weighted by Gasteiger charge is -2.12. The normalized spacial score (nSPS) is 10.6.